The predicted molar refractivity (Wildman–Crippen MR) is 103 cm³/mol. The van der Waals surface area contributed by atoms with Crippen molar-refractivity contribution in [3.05, 3.63) is 69.8 Å². The van der Waals surface area contributed by atoms with Gasteiger partial charge in [-0.15, -0.1) is 0 Å². The van der Waals surface area contributed by atoms with E-state index in [2.05, 4.69) is 4.74 Å². The third-order valence-corrected chi connectivity index (χ3v) is 3.82. The van der Waals surface area contributed by atoms with Crippen LogP contribution < -0.4 is 9.47 Å². The summed E-state index contributed by atoms with van der Waals surface area (Å²) < 4.78 is 34.6. The number of nitro benzene ring substituents is 1. The predicted octanol–water partition coefficient (Wildman–Crippen LogP) is 4.27. The van der Waals surface area contributed by atoms with Gasteiger partial charge in [0, 0.05) is 31.8 Å². The fourth-order valence-corrected chi connectivity index (χ4v) is 2.50. The Balaban J connectivity index is 2.08. The van der Waals surface area contributed by atoms with E-state index in [4.69, 9.17) is 4.74 Å². The number of carbonyl (C=O) groups is 1. The molecule has 0 aliphatic rings. The maximum Gasteiger partial charge on any atom is 0.387 e. The summed E-state index contributed by atoms with van der Waals surface area (Å²) in [4.78, 5) is 24.1. The molecule has 0 spiro atoms. The zero-order chi connectivity index (χ0) is 21.4. The van der Waals surface area contributed by atoms with Crippen molar-refractivity contribution >= 4 is 17.7 Å². The molecule has 0 aromatic heterocycles. The maximum absolute atomic E-state index is 12.5. The molecular weight excluding hydrogens is 386 g/mol. The smallest absolute Gasteiger partial charge is 0.387 e. The lowest BCUT2D eigenvalue weighted by atomic mass is 10.1. The van der Waals surface area contributed by atoms with Crippen LogP contribution in [0.4, 0.5) is 14.5 Å². The average molecular weight is 406 g/mol. The maximum atomic E-state index is 12.5. The first-order chi connectivity index (χ1) is 13.8. The van der Waals surface area contributed by atoms with Crippen LogP contribution in [0.25, 0.3) is 6.08 Å². The third kappa shape index (κ3) is 6.56. The Kier molecular flexibility index (Phi) is 7.64. The lowest BCUT2D eigenvalue weighted by Gasteiger charge is -2.15. The van der Waals surface area contributed by atoms with Gasteiger partial charge in [-0.2, -0.15) is 8.78 Å². The molecule has 154 valence electrons. The van der Waals surface area contributed by atoms with Gasteiger partial charge >= 0.3 is 6.61 Å². The zero-order valence-electron chi connectivity index (χ0n) is 15.9. The van der Waals surface area contributed by atoms with Crippen molar-refractivity contribution in [1.82, 2.24) is 4.90 Å². The van der Waals surface area contributed by atoms with Crippen molar-refractivity contribution in [3.8, 4) is 11.5 Å². The molecule has 0 N–H and O–H groups in total. The molecule has 2 aromatic carbocycles. The van der Waals surface area contributed by atoms with Gasteiger partial charge in [0.25, 0.3) is 5.69 Å². The van der Waals surface area contributed by atoms with Crippen molar-refractivity contribution in [3.63, 3.8) is 0 Å². The molecule has 0 bridgehead atoms. The topological polar surface area (TPSA) is 81.9 Å². The Morgan fingerprint density at radius 2 is 2.00 bits per heavy atom. The number of benzene rings is 2. The van der Waals surface area contributed by atoms with E-state index in [1.807, 2.05) is 0 Å². The van der Waals surface area contributed by atoms with E-state index in [0.29, 0.717) is 11.1 Å². The van der Waals surface area contributed by atoms with Gasteiger partial charge in [0.1, 0.15) is 0 Å². The monoisotopic (exact) mass is 406 g/mol. The van der Waals surface area contributed by atoms with Gasteiger partial charge in [0.2, 0.25) is 5.91 Å². The molecule has 0 radical (unpaired) electrons. The quantitative estimate of drug-likeness (QED) is 0.353. The zero-order valence-corrected chi connectivity index (χ0v) is 15.9. The molecule has 0 saturated carbocycles. The van der Waals surface area contributed by atoms with E-state index >= 15 is 0 Å². The number of non-ortho nitro benzene ring substituents is 1. The first-order valence-corrected chi connectivity index (χ1v) is 8.68. The number of ether oxygens (including phenoxy) is 2. The van der Waals surface area contributed by atoms with E-state index in [-0.39, 0.29) is 36.2 Å². The van der Waals surface area contributed by atoms with Crippen LogP contribution >= 0.6 is 0 Å². The number of nitro groups is 1. The molecule has 0 saturated heterocycles. The molecule has 7 nitrogen and oxygen atoms in total. The Morgan fingerprint density at radius 1 is 1.24 bits per heavy atom. The molecular formula is C20H20F2N2O5. The van der Waals surface area contributed by atoms with E-state index < -0.39 is 11.5 Å². The molecule has 29 heavy (non-hydrogen) atoms. The highest BCUT2D eigenvalue weighted by Gasteiger charge is 2.12. The molecule has 0 aliphatic heterocycles. The van der Waals surface area contributed by atoms with E-state index in [9.17, 15) is 23.7 Å². The van der Waals surface area contributed by atoms with Crippen molar-refractivity contribution in [2.75, 3.05) is 13.7 Å². The molecule has 0 fully saturated rings. The summed E-state index contributed by atoms with van der Waals surface area (Å²) in [7, 11) is 1.57. The van der Waals surface area contributed by atoms with Crippen LogP contribution in [-0.4, -0.2) is 36.0 Å². The van der Waals surface area contributed by atoms with Crippen LogP contribution in [0.5, 0.6) is 11.5 Å². The second kappa shape index (κ2) is 10.2. The molecule has 0 heterocycles. The molecule has 2 aromatic rings. The van der Waals surface area contributed by atoms with E-state index in [0.717, 1.165) is 0 Å². The summed E-state index contributed by atoms with van der Waals surface area (Å²) >= 11 is 0. The van der Waals surface area contributed by atoms with Crippen LogP contribution in [0.3, 0.4) is 0 Å². The van der Waals surface area contributed by atoms with Gasteiger partial charge in [0.05, 0.1) is 11.5 Å². The first kappa shape index (κ1) is 21.8. The summed E-state index contributed by atoms with van der Waals surface area (Å²) in [5, 5.41) is 10.8. The number of nitrogens with zero attached hydrogens (tertiary/aromatic N) is 2. The minimum atomic E-state index is -2.97. The summed E-state index contributed by atoms with van der Waals surface area (Å²) in [5.41, 5.74) is 1.14. The largest absolute Gasteiger partial charge is 0.490 e. The van der Waals surface area contributed by atoms with Crippen LogP contribution in [-0.2, 0) is 11.3 Å². The number of alkyl halides is 2. The van der Waals surface area contributed by atoms with Crippen molar-refractivity contribution in [2.24, 2.45) is 0 Å². The number of hydrogen-bond acceptors (Lipinski definition) is 5. The van der Waals surface area contributed by atoms with Gasteiger partial charge in [-0.1, -0.05) is 18.2 Å². The Hall–Kier alpha value is -3.49. The SMILES string of the molecule is CCOc1cc(/C=C/C(=O)N(C)Cc2cccc([N+](=O)[O-])c2)ccc1OC(F)F. The Bertz CT molecular complexity index is 902. The lowest BCUT2D eigenvalue weighted by molar-refractivity contribution is -0.384. The number of likely N-dealkylation sites (N-methyl/N-ethyl adjacent to an activating group) is 1. The number of rotatable bonds is 9. The molecule has 1 amide bonds. The normalized spacial score (nSPS) is 10.9. The van der Waals surface area contributed by atoms with Crippen LogP contribution in [0, 0.1) is 10.1 Å². The molecule has 2 rings (SSSR count). The minimum absolute atomic E-state index is 0.0477. The highest BCUT2D eigenvalue weighted by molar-refractivity contribution is 5.91. The van der Waals surface area contributed by atoms with Crippen LogP contribution in [0.2, 0.25) is 0 Å². The van der Waals surface area contributed by atoms with Gasteiger partial charge < -0.3 is 14.4 Å². The number of halogens is 2. The lowest BCUT2D eigenvalue weighted by Crippen LogP contribution is -2.24. The van der Waals surface area contributed by atoms with Crippen LogP contribution in [0.1, 0.15) is 18.1 Å². The fourth-order valence-electron chi connectivity index (χ4n) is 2.50. The van der Waals surface area contributed by atoms with E-state index in [1.54, 1.807) is 26.1 Å². The Labute approximate surface area is 166 Å². The number of hydrogen-bond donors (Lipinski definition) is 0. The minimum Gasteiger partial charge on any atom is -0.490 e. The van der Waals surface area contributed by atoms with Crippen molar-refractivity contribution < 1.29 is 28.0 Å². The van der Waals surface area contributed by atoms with Gasteiger partial charge in [-0.25, -0.2) is 0 Å². The molecule has 0 atom stereocenters. The second-order valence-electron chi connectivity index (χ2n) is 5.97. The number of carbonyl (C=O) groups excluding carboxylic acids is 1. The Morgan fingerprint density at radius 3 is 2.66 bits per heavy atom. The summed E-state index contributed by atoms with van der Waals surface area (Å²) in [5.74, 6) is -0.275. The van der Waals surface area contributed by atoms with Gasteiger partial charge in [-0.3, -0.25) is 14.9 Å². The second-order valence-corrected chi connectivity index (χ2v) is 5.97. The van der Waals surface area contributed by atoms with Gasteiger partial charge in [0.15, 0.2) is 11.5 Å². The summed E-state index contributed by atoms with van der Waals surface area (Å²) in [6.07, 6.45) is 2.83. The van der Waals surface area contributed by atoms with Crippen LogP contribution in [0.15, 0.2) is 48.5 Å². The molecule has 9 heteroatoms. The molecule has 0 aliphatic carbocycles. The summed E-state index contributed by atoms with van der Waals surface area (Å²) in [6, 6.07) is 10.4. The summed E-state index contributed by atoms with van der Waals surface area (Å²) in [6.45, 7) is -0.811. The van der Waals surface area contributed by atoms with Gasteiger partial charge in [-0.05, 0) is 36.3 Å². The number of amides is 1. The highest BCUT2D eigenvalue weighted by Crippen LogP contribution is 2.30. The fraction of sp³-hybridized carbons (Fsp3) is 0.250. The third-order valence-electron chi connectivity index (χ3n) is 3.82. The standard InChI is InChI=1S/C20H20F2N2O5/c1-3-28-18-12-14(7-9-17(18)29-20(21)22)8-10-19(25)23(2)13-15-5-4-6-16(11-15)24(26)27/h4-12,20H,3,13H2,1-2H3/b10-8+. The first-order valence-electron chi connectivity index (χ1n) is 8.68. The van der Waals surface area contributed by atoms with Crippen molar-refractivity contribution in [1.29, 1.82) is 0 Å². The molecule has 0 unspecified atom stereocenters. The van der Waals surface area contributed by atoms with E-state index in [1.165, 1.54) is 47.4 Å². The average Bonchev–Trinajstić information content (AvgIpc) is 2.67. The van der Waals surface area contributed by atoms with Crippen molar-refractivity contribution in [2.45, 2.75) is 20.1 Å². The highest BCUT2D eigenvalue weighted by atomic mass is 19.3.